The van der Waals surface area contributed by atoms with Gasteiger partial charge in [-0.2, -0.15) is 0 Å². The number of aromatic nitrogens is 2. The van der Waals surface area contributed by atoms with Crippen LogP contribution in [-0.2, 0) is 0 Å². The Kier molecular flexibility index (Phi) is 5.57. The van der Waals surface area contributed by atoms with Crippen LogP contribution < -0.4 is 5.76 Å². The quantitative estimate of drug-likeness (QED) is 0.435. The molecule has 0 radical (unpaired) electrons. The van der Waals surface area contributed by atoms with Crippen molar-refractivity contribution in [3.05, 3.63) is 68.7 Å². The third kappa shape index (κ3) is 3.66. The molecule has 0 aliphatic heterocycles. The third-order valence-electron chi connectivity index (χ3n) is 2.73. The zero-order valence-corrected chi connectivity index (χ0v) is 14.2. The average molecular weight is 381 g/mol. The van der Waals surface area contributed by atoms with Gasteiger partial charge in [-0.05, 0) is 36.6 Å². The van der Waals surface area contributed by atoms with Crippen LogP contribution in [0.2, 0.25) is 0 Å². The molecule has 2 rings (SSSR count). The lowest BCUT2D eigenvalue weighted by atomic mass is 10.1. The highest BCUT2D eigenvalue weighted by atomic mass is 79.9. The SMILES string of the molecule is C=CCS/C=C(/C)n1c(C(=O)c2ccc(Br)cc2)noc1=O. The molecule has 0 aliphatic carbocycles. The molecule has 0 fully saturated rings. The molecule has 1 heterocycles. The Morgan fingerprint density at radius 1 is 1.45 bits per heavy atom. The minimum absolute atomic E-state index is 0.0414. The van der Waals surface area contributed by atoms with E-state index in [4.69, 9.17) is 0 Å². The van der Waals surface area contributed by atoms with E-state index in [0.717, 1.165) is 4.47 Å². The molecule has 0 saturated heterocycles. The molecule has 2 aromatic rings. The average Bonchev–Trinajstić information content (AvgIpc) is 2.89. The van der Waals surface area contributed by atoms with Gasteiger partial charge in [-0.25, -0.2) is 9.36 Å². The molecule has 0 N–H and O–H groups in total. The lowest BCUT2D eigenvalue weighted by molar-refractivity contribution is 0.102. The summed E-state index contributed by atoms with van der Waals surface area (Å²) in [5.41, 5.74) is 0.996. The Morgan fingerprint density at radius 3 is 2.77 bits per heavy atom. The Balaban J connectivity index is 2.38. The van der Waals surface area contributed by atoms with E-state index >= 15 is 0 Å². The van der Waals surface area contributed by atoms with Gasteiger partial charge >= 0.3 is 5.76 Å². The van der Waals surface area contributed by atoms with Gasteiger partial charge in [0.25, 0.3) is 0 Å². The predicted octanol–water partition coefficient (Wildman–Crippen LogP) is 3.57. The minimum atomic E-state index is -0.687. The van der Waals surface area contributed by atoms with Crippen molar-refractivity contribution >= 4 is 39.2 Å². The maximum atomic E-state index is 12.5. The maximum Gasteiger partial charge on any atom is 0.446 e. The van der Waals surface area contributed by atoms with Gasteiger partial charge in [0, 0.05) is 21.5 Å². The van der Waals surface area contributed by atoms with Gasteiger partial charge in [0.05, 0.1) is 0 Å². The number of ketones is 1. The molecule has 1 aromatic heterocycles. The van der Waals surface area contributed by atoms with E-state index in [9.17, 15) is 9.59 Å². The Bertz CT molecular complexity index is 775. The number of hydrogen-bond acceptors (Lipinski definition) is 5. The second kappa shape index (κ2) is 7.42. The topological polar surface area (TPSA) is 65.1 Å². The summed E-state index contributed by atoms with van der Waals surface area (Å²) in [5.74, 6) is -0.401. The van der Waals surface area contributed by atoms with Crippen molar-refractivity contribution in [3.8, 4) is 0 Å². The number of thioether (sulfide) groups is 1. The molecule has 0 amide bonds. The van der Waals surface area contributed by atoms with Crippen LogP contribution in [0.25, 0.3) is 5.70 Å². The van der Waals surface area contributed by atoms with Gasteiger partial charge in [-0.1, -0.05) is 27.2 Å². The highest BCUT2D eigenvalue weighted by Crippen LogP contribution is 2.16. The summed E-state index contributed by atoms with van der Waals surface area (Å²) < 4.78 is 6.67. The summed E-state index contributed by atoms with van der Waals surface area (Å²) >= 11 is 4.77. The van der Waals surface area contributed by atoms with E-state index < -0.39 is 5.76 Å². The molecule has 0 saturated carbocycles. The van der Waals surface area contributed by atoms with Gasteiger partial charge < -0.3 is 0 Å². The first-order valence-electron chi connectivity index (χ1n) is 6.33. The Morgan fingerprint density at radius 2 is 2.14 bits per heavy atom. The van der Waals surface area contributed by atoms with Crippen LogP contribution in [0.4, 0.5) is 0 Å². The second-order valence-corrected chi connectivity index (χ2v) is 6.14. The molecule has 0 bridgehead atoms. The van der Waals surface area contributed by atoms with E-state index in [0.29, 0.717) is 17.0 Å². The van der Waals surface area contributed by atoms with Gasteiger partial charge in [0.1, 0.15) is 0 Å². The lowest BCUT2D eigenvalue weighted by Gasteiger charge is -2.04. The number of carbonyl (C=O) groups is 1. The van der Waals surface area contributed by atoms with E-state index in [1.165, 1.54) is 16.3 Å². The number of allylic oxidation sites excluding steroid dienone is 1. The smallest absolute Gasteiger partial charge is 0.295 e. The lowest BCUT2D eigenvalue weighted by Crippen LogP contribution is -2.18. The van der Waals surface area contributed by atoms with E-state index in [1.54, 1.807) is 42.7 Å². The van der Waals surface area contributed by atoms with Gasteiger partial charge in [-0.3, -0.25) is 9.32 Å². The van der Waals surface area contributed by atoms with Crippen molar-refractivity contribution in [3.63, 3.8) is 0 Å². The summed E-state index contributed by atoms with van der Waals surface area (Å²) in [6.45, 7) is 5.34. The first-order valence-corrected chi connectivity index (χ1v) is 8.17. The largest absolute Gasteiger partial charge is 0.446 e. The highest BCUT2D eigenvalue weighted by molar-refractivity contribution is 9.10. The van der Waals surface area contributed by atoms with Crippen molar-refractivity contribution in [2.24, 2.45) is 0 Å². The molecule has 0 spiro atoms. The number of rotatable bonds is 6. The Labute approximate surface area is 139 Å². The molecule has 22 heavy (non-hydrogen) atoms. The zero-order chi connectivity index (χ0) is 16.1. The van der Waals surface area contributed by atoms with Crippen LogP contribution in [0.5, 0.6) is 0 Å². The molecular weight excluding hydrogens is 368 g/mol. The molecule has 0 atom stereocenters. The number of benzene rings is 1. The van der Waals surface area contributed by atoms with E-state index in [1.807, 2.05) is 0 Å². The van der Waals surface area contributed by atoms with Crippen molar-refractivity contribution in [1.82, 2.24) is 9.72 Å². The normalized spacial score (nSPS) is 11.5. The number of halogens is 1. The summed E-state index contributed by atoms with van der Waals surface area (Å²) in [7, 11) is 0. The monoisotopic (exact) mass is 380 g/mol. The van der Waals surface area contributed by atoms with Gasteiger partial charge in [0.15, 0.2) is 0 Å². The fourth-order valence-electron chi connectivity index (χ4n) is 1.72. The van der Waals surface area contributed by atoms with Crippen LogP contribution in [-0.4, -0.2) is 21.3 Å². The highest BCUT2D eigenvalue weighted by Gasteiger charge is 2.21. The van der Waals surface area contributed by atoms with E-state index in [-0.39, 0.29) is 11.6 Å². The summed E-state index contributed by atoms with van der Waals surface area (Å²) in [6, 6.07) is 6.81. The third-order valence-corrected chi connectivity index (χ3v) is 4.20. The minimum Gasteiger partial charge on any atom is -0.295 e. The number of nitrogens with zero attached hydrogens (tertiary/aromatic N) is 2. The standard InChI is InChI=1S/C15H13BrN2O3S/c1-3-8-22-9-10(2)18-14(17-21-15(18)20)13(19)11-4-6-12(16)7-5-11/h3-7,9H,1,8H2,2H3/b10-9-. The van der Waals surface area contributed by atoms with Crippen molar-refractivity contribution in [2.75, 3.05) is 5.75 Å². The predicted molar refractivity (Wildman–Crippen MR) is 90.9 cm³/mol. The van der Waals surface area contributed by atoms with Crippen LogP contribution in [0.15, 0.2) is 56.1 Å². The molecule has 0 aliphatic rings. The van der Waals surface area contributed by atoms with Crippen molar-refractivity contribution < 1.29 is 9.32 Å². The fraction of sp³-hybridized carbons (Fsp3) is 0.133. The van der Waals surface area contributed by atoms with Crippen LogP contribution in [0.1, 0.15) is 23.1 Å². The summed E-state index contributed by atoms with van der Waals surface area (Å²) in [5, 5.41) is 5.37. The van der Waals surface area contributed by atoms with Crippen molar-refractivity contribution in [1.29, 1.82) is 0 Å². The number of carbonyl (C=O) groups excluding carboxylic acids is 1. The molecule has 0 unspecified atom stereocenters. The van der Waals surface area contributed by atoms with Crippen LogP contribution >= 0.6 is 27.7 Å². The Hall–Kier alpha value is -1.86. The van der Waals surface area contributed by atoms with Crippen molar-refractivity contribution in [2.45, 2.75) is 6.92 Å². The van der Waals surface area contributed by atoms with Gasteiger partial charge in [0.2, 0.25) is 11.6 Å². The first-order chi connectivity index (χ1) is 10.5. The summed E-state index contributed by atoms with van der Waals surface area (Å²) in [6.07, 6.45) is 1.75. The van der Waals surface area contributed by atoms with E-state index in [2.05, 4.69) is 32.2 Å². The van der Waals surface area contributed by atoms with Crippen LogP contribution in [0, 0.1) is 0 Å². The molecule has 114 valence electrons. The molecule has 1 aromatic carbocycles. The first kappa shape index (κ1) is 16.5. The number of hydrogen-bond donors (Lipinski definition) is 0. The maximum absolute atomic E-state index is 12.5. The molecule has 7 heteroatoms. The van der Waals surface area contributed by atoms with Gasteiger partial charge in [-0.15, -0.1) is 18.3 Å². The molecular formula is C15H13BrN2O3S. The summed E-state index contributed by atoms with van der Waals surface area (Å²) in [4.78, 5) is 24.3. The fourth-order valence-corrected chi connectivity index (χ4v) is 2.57. The molecule has 5 nitrogen and oxygen atoms in total. The zero-order valence-electron chi connectivity index (χ0n) is 11.8. The second-order valence-electron chi connectivity index (χ2n) is 4.32. The van der Waals surface area contributed by atoms with Crippen LogP contribution in [0.3, 0.4) is 0 Å².